The molecular formula is C15H20ClF2NO. The van der Waals surface area contributed by atoms with Crippen LogP contribution in [-0.2, 0) is 4.79 Å². The molecule has 1 aromatic carbocycles. The van der Waals surface area contributed by atoms with E-state index in [9.17, 15) is 13.6 Å². The predicted octanol–water partition coefficient (Wildman–Crippen LogP) is 4.94. The molecule has 0 spiro atoms. The molecule has 112 valence electrons. The number of anilines is 1. The molecule has 5 heteroatoms. The highest BCUT2D eigenvalue weighted by Gasteiger charge is 2.25. The van der Waals surface area contributed by atoms with Gasteiger partial charge >= 0.3 is 0 Å². The van der Waals surface area contributed by atoms with Crippen LogP contribution in [0.2, 0.25) is 5.02 Å². The number of amides is 1. The van der Waals surface area contributed by atoms with E-state index in [1.807, 2.05) is 20.8 Å². The molecule has 0 aliphatic carbocycles. The van der Waals surface area contributed by atoms with Gasteiger partial charge < -0.3 is 4.90 Å². The zero-order chi connectivity index (χ0) is 15.3. The van der Waals surface area contributed by atoms with Gasteiger partial charge in [0.25, 0.3) is 0 Å². The minimum Gasteiger partial charge on any atom is -0.307 e. The van der Waals surface area contributed by atoms with E-state index >= 15 is 0 Å². The first-order valence-electron chi connectivity index (χ1n) is 6.89. The van der Waals surface area contributed by atoms with Crippen LogP contribution in [0.3, 0.4) is 0 Å². The molecule has 0 heterocycles. The summed E-state index contributed by atoms with van der Waals surface area (Å²) in [5.41, 5.74) is 0.0517. The quantitative estimate of drug-likeness (QED) is 0.682. The molecule has 1 atom stereocenters. The Balaban J connectivity index is 3.23. The second kappa shape index (κ2) is 7.58. The van der Waals surface area contributed by atoms with Gasteiger partial charge in [-0.25, -0.2) is 8.78 Å². The van der Waals surface area contributed by atoms with Gasteiger partial charge in [0.2, 0.25) is 5.91 Å². The van der Waals surface area contributed by atoms with Crippen molar-refractivity contribution >= 4 is 23.2 Å². The third-order valence-corrected chi connectivity index (χ3v) is 3.50. The molecule has 0 N–H and O–H groups in total. The molecule has 0 aromatic heterocycles. The van der Waals surface area contributed by atoms with Crippen molar-refractivity contribution in [1.82, 2.24) is 0 Å². The third kappa shape index (κ3) is 3.69. The number of carbonyl (C=O) groups excluding carboxylic acids is 1. The second-order valence-corrected chi connectivity index (χ2v) is 5.22. The average Bonchev–Trinajstić information content (AvgIpc) is 2.40. The van der Waals surface area contributed by atoms with Crippen LogP contribution in [-0.4, -0.2) is 11.9 Å². The number of rotatable bonds is 6. The summed E-state index contributed by atoms with van der Waals surface area (Å²) >= 11 is 5.60. The molecule has 1 unspecified atom stereocenters. The summed E-state index contributed by atoms with van der Waals surface area (Å²) < 4.78 is 27.4. The predicted molar refractivity (Wildman–Crippen MR) is 78.1 cm³/mol. The van der Waals surface area contributed by atoms with Crippen molar-refractivity contribution in [3.63, 3.8) is 0 Å². The Morgan fingerprint density at radius 3 is 2.50 bits per heavy atom. The fraction of sp³-hybridized carbons (Fsp3) is 0.533. The summed E-state index contributed by atoms with van der Waals surface area (Å²) in [5, 5.41) is -0.569. The van der Waals surface area contributed by atoms with E-state index < -0.39 is 16.7 Å². The number of carbonyl (C=O) groups is 1. The molecule has 1 rings (SSSR count). The third-order valence-electron chi connectivity index (χ3n) is 3.15. The van der Waals surface area contributed by atoms with Gasteiger partial charge in [0.1, 0.15) is 10.8 Å². The van der Waals surface area contributed by atoms with Crippen LogP contribution in [0, 0.1) is 11.6 Å². The molecule has 1 aromatic rings. The first kappa shape index (κ1) is 16.9. The molecule has 0 aliphatic rings. The number of halogens is 3. The van der Waals surface area contributed by atoms with E-state index in [2.05, 4.69) is 0 Å². The maximum Gasteiger partial charge on any atom is 0.227 e. The van der Waals surface area contributed by atoms with Crippen molar-refractivity contribution in [2.45, 2.75) is 52.5 Å². The monoisotopic (exact) mass is 303 g/mol. The number of hydrogen-bond acceptors (Lipinski definition) is 1. The van der Waals surface area contributed by atoms with Gasteiger partial charge in [-0.1, -0.05) is 31.9 Å². The van der Waals surface area contributed by atoms with Gasteiger partial charge in [0.05, 0.1) is 5.69 Å². The van der Waals surface area contributed by atoms with Gasteiger partial charge in [-0.05, 0) is 31.9 Å². The van der Waals surface area contributed by atoms with E-state index in [1.54, 1.807) is 0 Å². The average molecular weight is 304 g/mol. The summed E-state index contributed by atoms with van der Waals surface area (Å²) in [6.45, 7) is 5.73. The topological polar surface area (TPSA) is 20.3 Å². The van der Waals surface area contributed by atoms with E-state index in [0.29, 0.717) is 12.8 Å². The fourth-order valence-corrected chi connectivity index (χ4v) is 2.36. The van der Waals surface area contributed by atoms with Crippen molar-refractivity contribution in [2.75, 3.05) is 4.90 Å². The fourth-order valence-electron chi connectivity index (χ4n) is 2.20. The van der Waals surface area contributed by atoms with Gasteiger partial charge in [-0.2, -0.15) is 0 Å². The van der Waals surface area contributed by atoms with Crippen LogP contribution in [0.15, 0.2) is 12.1 Å². The first-order chi connectivity index (χ1) is 9.43. The molecule has 0 bridgehead atoms. The van der Waals surface area contributed by atoms with Gasteiger partial charge in [0.15, 0.2) is 5.82 Å². The lowest BCUT2D eigenvalue weighted by atomic mass is 10.1. The highest BCUT2D eigenvalue weighted by molar-refractivity contribution is 6.31. The molecular weight excluding hydrogens is 284 g/mol. The van der Waals surface area contributed by atoms with Crippen molar-refractivity contribution in [2.24, 2.45) is 0 Å². The first-order valence-corrected chi connectivity index (χ1v) is 7.27. The lowest BCUT2D eigenvalue weighted by molar-refractivity contribution is -0.119. The van der Waals surface area contributed by atoms with Gasteiger partial charge in [0, 0.05) is 12.5 Å². The van der Waals surface area contributed by atoms with Crippen molar-refractivity contribution in [1.29, 1.82) is 0 Å². The van der Waals surface area contributed by atoms with Gasteiger partial charge in [-0.3, -0.25) is 4.79 Å². The van der Waals surface area contributed by atoms with Crippen LogP contribution in [0.4, 0.5) is 14.5 Å². The minimum absolute atomic E-state index is 0.0517. The number of benzene rings is 1. The zero-order valence-electron chi connectivity index (χ0n) is 12.0. The maximum atomic E-state index is 14.1. The Bertz CT molecular complexity index is 479. The Kier molecular flexibility index (Phi) is 6.40. The summed E-state index contributed by atoms with van der Waals surface area (Å²) in [6.07, 6.45) is 2.60. The summed E-state index contributed by atoms with van der Waals surface area (Å²) in [6, 6.07) is 2.21. The molecule has 0 fully saturated rings. The standard InChI is InChI=1S/C15H20ClF2NO/c1-4-6-10(3)19(13(20)7-5-2)12-9-8-11(17)14(16)15(12)18/h8-10H,4-7H2,1-3H3. The SMILES string of the molecule is CCCC(=O)N(c1ccc(F)c(Cl)c1F)C(C)CCC. The molecule has 0 radical (unpaired) electrons. The Morgan fingerprint density at radius 2 is 1.95 bits per heavy atom. The van der Waals surface area contributed by atoms with Crippen LogP contribution in [0.5, 0.6) is 0 Å². The van der Waals surface area contributed by atoms with E-state index in [0.717, 1.165) is 18.9 Å². The van der Waals surface area contributed by atoms with Crippen molar-refractivity contribution in [3.05, 3.63) is 28.8 Å². The summed E-state index contributed by atoms with van der Waals surface area (Å²) in [5.74, 6) is -1.87. The Hall–Kier alpha value is -1.16. The molecule has 20 heavy (non-hydrogen) atoms. The second-order valence-electron chi connectivity index (χ2n) is 4.85. The van der Waals surface area contributed by atoms with Crippen molar-refractivity contribution < 1.29 is 13.6 Å². The Morgan fingerprint density at radius 1 is 1.30 bits per heavy atom. The maximum absolute atomic E-state index is 14.1. The molecule has 0 saturated heterocycles. The number of hydrogen-bond donors (Lipinski definition) is 0. The molecule has 1 amide bonds. The molecule has 0 saturated carbocycles. The van der Waals surface area contributed by atoms with Crippen LogP contribution < -0.4 is 4.90 Å². The summed E-state index contributed by atoms with van der Waals surface area (Å²) in [7, 11) is 0. The zero-order valence-corrected chi connectivity index (χ0v) is 12.8. The van der Waals surface area contributed by atoms with Crippen molar-refractivity contribution in [3.8, 4) is 0 Å². The van der Waals surface area contributed by atoms with Crippen LogP contribution >= 0.6 is 11.6 Å². The van der Waals surface area contributed by atoms with Crippen LogP contribution in [0.1, 0.15) is 46.5 Å². The molecule has 0 aliphatic heterocycles. The van der Waals surface area contributed by atoms with Gasteiger partial charge in [-0.15, -0.1) is 0 Å². The van der Waals surface area contributed by atoms with E-state index in [4.69, 9.17) is 11.6 Å². The van der Waals surface area contributed by atoms with E-state index in [1.165, 1.54) is 11.0 Å². The highest BCUT2D eigenvalue weighted by atomic mass is 35.5. The Labute approximate surface area is 123 Å². The molecule has 2 nitrogen and oxygen atoms in total. The minimum atomic E-state index is -0.876. The number of nitrogens with zero attached hydrogens (tertiary/aromatic N) is 1. The van der Waals surface area contributed by atoms with E-state index in [-0.39, 0.29) is 17.6 Å². The normalized spacial score (nSPS) is 12.3. The highest BCUT2D eigenvalue weighted by Crippen LogP contribution is 2.30. The largest absolute Gasteiger partial charge is 0.307 e. The lowest BCUT2D eigenvalue weighted by Crippen LogP contribution is -2.39. The summed E-state index contributed by atoms with van der Waals surface area (Å²) in [4.78, 5) is 13.6. The smallest absolute Gasteiger partial charge is 0.227 e. The van der Waals surface area contributed by atoms with Crippen LogP contribution in [0.25, 0.3) is 0 Å². The lowest BCUT2D eigenvalue weighted by Gasteiger charge is -2.30.